The number of anilines is 2. The summed E-state index contributed by atoms with van der Waals surface area (Å²) in [5.74, 6) is -2.33. The molecule has 0 bridgehead atoms. The summed E-state index contributed by atoms with van der Waals surface area (Å²) in [6, 6.07) is 17.3. The van der Waals surface area contributed by atoms with E-state index in [4.69, 9.17) is 27.6 Å². The quantitative estimate of drug-likeness (QED) is 0.384. The third-order valence-electron chi connectivity index (χ3n) is 4.31. The molecule has 0 radical (unpaired) electrons. The van der Waals surface area contributed by atoms with Crippen LogP contribution in [0.2, 0.25) is 10.0 Å². The van der Waals surface area contributed by atoms with Crippen molar-refractivity contribution in [3.05, 3.63) is 93.9 Å². The molecule has 0 aliphatic heterocycles. The largest absolute Gasteiger partial charge is 0.449 e. The minimum Gasteiger partial charge on any atom is -0.449 e. The molecule has 0 saturated carbocycles. The molecule has 4 rings (SSSR count). The van der Waals surface area contributed by atoms with E-state index in [2.05, 4.69) is 10.6 Å². The lowest BCUT2D eigenvalue weighted by molar-refractivity contribution is 0.0999. The van der Waals surface area contributed by atoms with Crippen LogP contribution < -0.4 is 10.6 Å². The zero-order valence-corrected chi connectivity index (χ0v) is 16.7. The highest BCUT2D eigenvalue weighted by Crippen LogP contribution is 2.33. The Kier molecular flexibility index (Phi) is 5.44. The number of nitrogens with one attached hydrogen (secondary N) is 2. The number of carbonyl (C=O) groups is 2. The average molecular weight is 443 g/mol. The molecule has 0 unspecified atom stereocenters. The van der Waals surface area contributed by atoms with E-state index < -0.39 is 17.6 Å². The second-order valence-corrected chi connectivity index (χ2v) is 7.16. The van der Waals surface area contributed by atoms with Crippen molar-refractivity contribution in [1.29, 1.82) is 0 Å². The number of benzene rings is 3. The first kappa shape index (κ1) is 19.9. The number of carbonyl (C=O) groups excluding carboxylic acids is 2. The van der Waals surface area contributed by atoms with Gasteiger partial charge < -0.3 is 15.1 Å². The van der Waals surface area contributed by atoms with Gasteiger partial charge in [-0.05, 0) is 42.5 Å². The third kappa shape index (κ3) is 3.87. The van der Waals surface area contributed by atoms with E-state index in [-0.39, 0.29) is 22.0 Å². The van der Waals surface area contributed by atoms with Gasteiger partial charge in [-0.1, -0.05) is 47.5 Å². The number of hydrogen-bond donors (Lipinski definition) is 2. The summed E-state index contributed by atoms with van der Waals surface area (Å²) in [7, 11) is 0. The van der Waals surface area contributed by atoms with Crippen LogP contribution in [0.5, 0.6) is 0 Å². The van der Waals surface area contributed by atoms with Crippen molar-refractivity contribution in [1.82, 2.24) is 0 Å². The van der Waals surface area contributed by atoms with Gasteiger partial charge in [0.2, 0.25) is 5.76 Å². The Hall–Kier alpha value is -3.35. The van der Waals surface area contributed by atoms with Gasteiger partial charge in [-0.15, -0.1) is 0 Å². The maximum Gasteiger partial charge on any atom is 0.293 e. The van der Waals surface area contributed by atoms with Crippen molar-refractivity contribution >= 4 is 57.4 Å². The number of amides is 2. The molecule has 8 heteroatoms. The van der Waals surface area contributed by atoms with Crippen LogP contribution in [0.1, 0.15) is 20.9 Å². The van der Waals surface area contributed by atoms with Crippen LogP contribution in [0.25, 0.3) is 11.0 Å². The number of para-hydroxylation sites is 1. The summed E-state index contributed by atoms with van der Waals surface area (Å²) in [6.45, 7) is 0. The van der Waals surface area contributed by atoms with Crippen molar-refractivity contribution in [2.45, 2.75) is 0 Å². The third-order valence-corrected chi connectivity index (χ3v) is 4.86. The highest BCUT2D eigenvalue weighted by Gasteiger charge is 2.25. The van der Waals surface area contributed by atoms with Gasteiger partial charge in [0, 0.05) is 16.1 Å². The van der Waals surface area contributed by atoms with E-state index in [9.17, 15) is 14.0 Å². The highest BCUT2D eigenvalue weighted by molar-refractivity contribution is 6.34. The minimum absolute atomic E-state index is 0.0507. The molecule has 0 atom stereocenters. The van der Waals surface area contributed by atoms with Crippen LogP contribution in [0.4, 0.5) is 15.8 Å². The van der Waals surface area contributed by atoms with E-state index in [1.54, 1.807) is 48.5 Å². The predicted molar refractivity (Wildman–Crippen MR) is 115 cm³/mol. The first-order valence-corrected chi connectivity index (χ1v) is 9.53. The molecule has 0 aliphatic carbocycles. The lowest BCUT2D eigenvalue weighted by atomic mass is 10.1. The number of halogens is 3. The standard InChI is InChI=1S/C22H13Cl2FN2O3/c23-12-5-3-6-13(11-12)26-22(29)20-19(14-7-1-2-10-17(14)30-20)27-21(28)18-15(24)8-4-9-16(18)25/h1-11H,(H,26,29)(H,27,28). The fourth-order valence-corrected chi connectivity index (χ4v) is 3.41. The first-order chi connectivity index (χ1) is 14.4. The zero-order chi connectivity index (χ0) is 21.3. The summed E-state index contributed by atoms with van der Waals surface area (Å²) in [5, 5.41) is 6.11. The number of fused-ring (bicyclic) bond motifs is 1. The van der Waals surface area contributed by atoms with Gasteiger partial charge in [0.15, 0.2) is 0 Å². The molecule has 150 valence electrons. The Morgan fingerprint density at radius 2 is 1.63 bits per heavy atom. The first-order valence-electron chi connectivity index (χ1n) is 8.78. The molecule has 1 heterocycles. The molecular formula is C22H13Cl2FN2O3. The molecule has 5 nitrogen and oxygen atoms in total. The Bertz CT molecular complexity index is 1270. The Labute approximate surface area is 180 Å². The molecule has 30 heavy (non-hydrogen) atoms. The summed E-state index contributed by atoms with van der Waals surface area (Å²) in [4.78, 5) is 25.6. The summed E-state index contributed by atoms with van der Waals surface area (Å²) in [6.07, 6.45) is 0. The summed E-state index contributed by atoms with van der Waals surface area (Å²) < 4.78 is 19.8. The molecular weight excluding hydrogens is 430 g/mol. The molecule has 3 aromatic carbocycles. The van der Waals surface area contributed by atoms with Gasteiger partial charge in [-0.3, -0.25) is 9.59 Å². The lowest BCUT2D eigenvalue weighted by Crippen LogP contribution is -2.18. The van der Waals surface area contributed by atoms with E-state index in [1.807, 2.05) is 0 Å². The molecule has 0 spiro atoms. The van der Waals surface area contributed by atoms with Gasteiger partial charge in [-0.25, -0.2) is 4.39 Å². The number of rotatable bonds is 4. The predicted octanol–water partition coefficient (Wildman–Crippen LogP) is 6.38. The Morgan fingerprint density at radius 1 is 0.867 bits per heavy atom. The van der Waals surface area contributed by atoms with Crippen LogP contribution >= 0.6 is 23.2 Å². The van der Waals surface area contributed by atoms with Gasteiger partial charge >= 0.3 is 0 Å². The van der Waals surface area contributed by atoms with Gasteiger partial charge in [0.05, 0.1) is 10.6 Å². The van der Waals surface area contributed by atoms with Gasteiger partial charge in [0.25, 0.3) is 11.8 Å². The van der Waals surface area contributed by atoms with Crippen molar-refractivity contribution in [2.75, 3.05) is 10.6 Å². The van der Waals surface area contributed by atoms with E-state index in [0.29, 0.717) is 21.7 Å². The van der Waals surface area contributed by atoms with Crippen LogP contribution in [0.15, 0.2) is 71.1 Å². The maximum absolute atomic E-state index is 14.2. The maximum atomic E-state index is 14.2. The Balaban J connectivity index is 1.73. The van der Waals surface area contributed by atoms with Crippen LogP contribution in [-0.2, 0) is 0 Å². The second-order valence-electron chi connectivity index (χ2n) is 6.32. The molecule has 0 fully saturated rings. The molecule has 4 aromatic rings. The fourth-order valence-electron chi connectivity index (χ4n) is 2.97. The van der Waals surface area contributed by atoms with Crippen LogP contribution in [0.3, 0.4) is 0 Å². The average Bonchev–Trinajstić information content (AvgIpc) is 3.06. The van der Waals surface area contributed by atoms with Gasteiger partial charge in [0.1, 0.15) is 17.1 Å². The lowest BCUT2D eigenvalue weighted by Gasteiger charge is -2.09. The fraction of sp³-hybridized carbons (Fsp3) is 0. The molecule has 0 saturated heterocycles. The van der Waals surface area contributed by atoms with Crippen molar-refractivity contribution in [3.8, 4) is 0 Å². The van der Waals surface area contributed by atoms with Crippen molar-refractivity contribution in [2.24, 2.45) is 0 Å². The summed E-state index contributed by atoms with van der Waals surface area (Å²) in [5.41, 5.74) is 0.603. The zero-order valence-electron chi connectivity index (χ0n) is 15.2. The molecule has 0 aliphatic rings. The van der Waals surface area contributed by atoms with Gasteiger partial charge in [-0.2, -0.15) is 0 Å². The second kappa shape index (κ2) is 8.18. The Morgan fingerprint density at radius 3 is 2.40 bits per heavy atom. The molecule has 1 aromatic heterocycles. The monoisotopic (exact) mass is 442 g/mol. The normalized spacial score (nSPS) is 10.8. The number of furan rings is 1. The van der Waals surface area contributed by atoms with E-state index in [1.165, 1.54) is 12.1 Å². The van der Waals surface area contributed by atoms with Crippen molar-refractivity contribution in [3.63, 3.8) is 0 Å². The molecule has 2 N–H and O–H groups in total. The topological polar surface area (TPSA) is 71.3 Å². The smallest absolute Gasteiger partial charge is 0.293 e. The molecule has 2 amide bonds. The SMILES string of the molecule is O=C(Nc1cccc(Cl)c1)c1oc2ccccc2c1NC(=O)c1c(F)cccc1Cl. The van der Waals surface area contributed by atoms with Crippen LogP contribution in [0, 0.1) is 5.82 Å². The van der Waals surface area contributed by atoms with Crippen molar-refractivity contribution < 1.29 is 18.4 Å². The van der Waals surface area contributed by atoms with Crippen LogP contribution in [-0.4, -0.2) is 11.8 Å². The highest BCUT2D eigenvalue weighted by atomic mass is 35.5. The minimum atomic E-state index is -0.804. The summed E-state index contributed by atoms with van der Waals surface area (Å²) >= 11 is 11.9. The van der Waals surface area contributed by atoms with E-state index >= 15 is 0 Å². The van der Waals surface area contributed by atoms with E-state index in [0.717, 1.165) is 6.07 Å². The number of hydrogen-bond acceptors (Lipinski definition) is 3.